The normalized spacial score (nSPS) is 17.9. The third kappa shape index (κ3) is 2.63. The molecule has 0 aromatic carbocycles. The van der Waals surface area contributed by atoms with E-state index in [9.17, 15) is 0 Å². The Balaban J connectivity index is 2.16. The number of methoxy groups -OCH3 is 1. The van der Waals surface area contributed by atoms with Crippen molar-refractivity contribution in [3.05, 3.63) is 21.4 Å². The van der Waals surface area contributed by atoms with E-state index in [1.807, 2.05) is 11.3 Å². The smallest absolute Gasteiger partial charge is 0.0786 e. The molecule has 1 aliphatic rings. The summed E-state index contributed by atoms with van der Waals surface area (Å²) in [6, 6.07) is 2.46. The molecular formula is C12H20N2OS. The van der Waals surface area contributed by atoms with Gasteiger partial charge in [0.15, 0.2) is 0 Å². The zero-order valence-electron chi connectivity index (χ0n) is 9.79. The topological polar surface area (TPSA) is 47.3 Å². The average molecular weight is 240 g/mol. The molecular weight excluding hydrogens is 220 g/mol. The molecule has 1 heterocycles. The zero-order chi connectivity index (χ0) is 11.4. The van der Waals surface area contributed by atoms with Crippen molar-refractivity contribution in [2.45, 2.75) is 38.1 Å². The van der Waals surface area contributed by atoms with Crippen molar-refractivity contribution in [3.8, 4) is 0 Å². The highest BCUT2D eigenvalue weighted by Gasteiger charge is 2.17. The van der Waals surface area contributed by atoms with Crippen LogP contribution in [-0.2, 0) is 17.6 Å². The van der Waals surface area contributed by atoms with E-state index < -0.39 is 0 Å². The van der Waals surface area contributed by atoms with Crippen LogP contribution >= 0.6 is 11.3 Å². The van der Waals surface area contributed by atoms with Gasteiger partial charge < -0.3 is 4.74 Å². The molecule has 1 aliphatic carbocycles. The molecule has 1 aromatic heterocycles. The molecule has 1 aromatic rings. The van der Waals surface area contributed by atoms with Crippen LogP contribution in [0.4, 0.5) is 0 Å². The number of ether oxygens (including phenoxy) is 1. The van der Waals surface area contributed by atoms with Crippen molar-refractivity contribution in [1.29, 1.82) is 0 Å². The highest BCUT2D eigenvalue weighted by Crippen LogP contribution is 2.32. The molecule has 90 valence electrons. The van der Waals surface area contributed by atoms with E-state index in [1.165, 1.54) is 42.5 Å². The Morgan fingerprint density at radius 3 is 3.00 bits per heavy atom. The highest BCUT2D eigenvalue weighted by molar-refractivity contribution is 7.12. The number of hydrogen-bond acceptors (Lipinski definition) is 4. The van der Waals surface area contributed by atoms with Gasteiger partial charge in [0.05, 0.1) is 12.6 Å². The Morgan fingerprint density at radius 1 is 1.44 bits per heavy atom. The van der Waals surface area contributed by atoms with Crippen LogP contribution in [0.25, 0.3) is 0 Å². The van der Waals surface area contributed by atoms with E-state index in [2.05, 4.69) is 11.5 Å². The number of nitrogens with two attached hydrogens (primary N) is 1. The van der Waals surface area contributed by atoms with Crippen LogP contribution in [-0.4, -0.2) is 13.7 Å². The third-order valence-corrected chi connectivity index (χ3v) is 4.49. The first-order chi connectivity index (χ1) is 7.85. The number of nitrogens with one attached hydrogen (secondary N) is 1. The molecule has 0 saturated carbocycles. The number of hydrazine groups is 1. The number of fused-ring (bicyclic) bond motifs is 1. The van der Waals surface area contributed by atoms with Gasteiger partial charge in [-0.15, -0.1) is 11.3 Å². The van der Waals surface area contributed by atoms with E-state index in [-0.39, 0.29) is 6.04 Å². The zero-order valence-corrected chi connectivity index (χ0v) is 10.6. The summed E-state index contributed by atoms with van der Waals surface area (Å²) in [5, 5.41) is 0. The summed E-state index contributed by atoms with van der Waals surface area (Å²) in [5.41, 5.74) is 4.37. The lowest BCUT2D eigenvalue weighted by Crippen LogP contribution is -2.30. The van der Waals surface area contributed by atoms with Crippen LogP contribution in [0.5, 0.6) is 0 Å². The van der Waals surface area contributed by atoms with Gasteiger partial charge in [-0.1, -0.05) is 6.42 Å². The molecule has 2 rings (SSSR count). The largest absolute Gasteiger partial charge is 0.383 e. The summed E-state index contributed by atoms with van der Waals surface area (Å²) in [6.45, 7) is 0.635. The van der Waals surface area contributed by atoms with Crippen LogP contribution in [0, 0.1) is 0 Å². The molecule has 0 aliphatic heterocycles. The van der Waals surface area contributed by atoms with E-state index in [0.29, 0.717) is 6.61 Å². The lowest BCUT2D eigenvalue weighted by molar-refractivity contribution is 0.168. The molecule has 0 bridgehead atoms. The molecule has 3 N–H and O–H groups in total. The van der Waals surface area contributed by atoms with Crippen molar-refractivity contribution in [3.63, 3.8) is 0 Å². The van der Waals surface area contributed by atoms with Crippen LogP contribution in [0.2, 0.25) is 0 Å². The molecule has 4 heteroatoms. The molecule has 3 nitrogen and oxygen atoms in total. The maximum Gasteiger partial charge on any atom is 0.0786 e. The summed E-state index contributed by atoms with van der Waals surface area (Å²) in [5.74, 6) is 5.56. The summed E-state index contributed by atoms with van der Waals surface area (Å²) in [4.78, 5) is 2.88. The van der Waals surface area contributed by atoms with Crippen molar-refractivity contribution < 1.29 is 4.74 Å². The van der Waals surface area contributed by atoms with Gasteiger partial charge in [-0.05, 0) is 37.3 Å². The van der Waals surface area contributed by atoms with Gasteiger partial charge >= 0.3 is 0 Å². The first-order valence-electron chi connectivity index (χ1n) is 5.91. The van der Waals surface area contributed by atoms with Gasteiger partial charge in [-0.25, -0.2) is 5.43 Å². The Labute approximate surface area is 101 Å². The van der Waals surface area contributed by atoms with Crippen LogP contribution < -0.4 is 11.3 Å². The number of rotatable bonds is 4. The minimum Gasteiger partial charge on any atom is -0.383 e. The van der Waals surface area contributed by atoms with E-state index in [4.69, 9.17) is 10.6 Å². The molecule has 16 heavy (non-hydrogen) atoms. The first kappa shape index (κ1) is 12.0. The predicted octanol–water partition coefficient (Wildman–Crippen LogP) is 2.17. The highest BCUT2D eigenvalue weighted by atomic mass is 32.1. The number of aryl methyl sites for hydroxylation is 2. The third-order valence-electron chi connectivity index (χ3n) is 3.14. The Morgan fingerprint density at radius 2 is 2.25 bits per heavy atom. The maximum absolute atomic E-state index is 5.56. The number of hydrogen-bond donors (Lipinski definition) is 2. The minimum atomic E-state index is 0.141. The van der Waals surface area contributed by atoms with E-state index in [1.54, 1.807) is 12.0 Å². The van der Waals surface area contributed by atoms with Crippen molar-refractivity contribution >= 4 is 11.3 Å². The summed E-state index contributed by atoms with van der Waals surface area (Å²) < 4.78 is 5.17. The van der Waals surface area contributed by atoms with Gasteiger partial charge in [0, 0.05) is 16.9 Å². The molecule has 0 radical (unpaired) electrons. The van der Waals surface area contributed by atoms with Crippen LogP contribution in [0.1, 0.15) is 40.6 Å². The Kier molecular flexibility index (Phi) is 4.35. The van der Waals surface area contributed by atoms with Gasteiger partial charge in [-0.2, -0.15) is 0 Å². The lowest BCUT2D eigenvalue weighted by atomic mass is 10.1. The standard InChI is InChI=1S/C12H20N2OS/c1-15-8-10(14-13)12-7-9-5-3-2-4-6-11(9)16-12/h7,10,14H,2-6,8,13H2,1H3. The summed E-state index contributed by atoms with van der Waals surface area (Å²) >= 11 is 1.90. The SMILES string of the molecule is COCC(NN)c1cc2c(s1)CCCCC2. The number of thiophene rings is 1. The monoisotopic (exact) mass is 240 g/mol. The fourth-order valence-electron chi connectivity index (χ4n) is 2.24. The molecule has 1 atom stereocenters. The predicted molar refractivity (Wildman–Crippen MR) is 67.5 cm³/mol. The average Bonchev–Trinajstić information content (AvgIpc) is 2.57. The van der Waals surface area contributed by atoms with Gasteiger partial charge in [0.2, 0.25) is 0 Å². The maximum atomic E-state index is 5.56. The second-order valence-electron chi connectivity index (χ2n) is 4.33. The summed E-state index contributed by atoms with van der Waals surface area (Å²) in [7, 11) is 1.71. The minimum absolute atomic E-state index is 0.141. The first-order valence-corrected chi connectivity index (χ1v) is 6.73. The Hall–Kier alpha value is -0.420. The van der Waals surface area contributed by atoms with Crippen molar-refractivity contribution in [2.75, 3.05) is 13.7 Å². The second kappa shape index (κ2) is 5.77. The van der Waals surface area contributed by atoms with E-state index in [0.717, 1.165) is 0 Å². The second-order valence-corrected chi connectivity index (χ2v) is 5.50. The van der Waals surface area contributed by atoms with Gasteiger partial charge in [0.25, 0.3) is 0 Å². The fraction of sp³-hybridized carbons (Fsp3) is 0.667. The Bertz CT molecular complexity index is 314. The molecule has 0 saturated heterocycles. The molecule has 0 fully saturated rings. The van der Waals surface area contributed by atoms with Crippen LogP contribution in [0.15, 0.2) is 6.07 Å². The van der Waals surface area contributed by atoms with Crippen molar-refractivity contribution in [2.24, 2.45) is 5.84 Å². The quantitative estimate of drug-likeness (QED) is 0.482. The van der Waals surface area contributed by atoms with Crippen LogP contribution in [0.3, 0.4) is 0 Å². The fourth-order valence-corrected chi connectivity index (χ4v) is 3.54. The summed E-state index contributed by atoms with van der Waals surface area (Å²) in [6.07, 6.45) is 6.50. The molecule has 0 amide bonds. The molecule has 1 unspecified atom stereocenters. The lowest BCUT2D eigenvalue weighted by Gasteiger charge is -2.12. The van der Waals surface area contributed by atoms with Crippen molar-refractivity contribution in [1.82, 2.24) is 5.43 Å². The van der Waals surface area contributed by atoms with E-state index >= 15 is 0 Å². The van der Waals surface area contributed by atoms with Gasteiger partial charge in [0.1, 0.15) is 0 Å². The van der Waals surface area contributed by atoms with Gasteiger partial charge in [-0.3, -0.25) is 5.84 Å². The molecule has 0 spiro atoms.